The summed E-state index contributed by atoms with van der Waals surface area (Å²) in [5.41, 5.74) is 1.96. The largest absolute Gasteiger partial charge is 0.493 e. The van der Waals surface area contributed by atoms with Crippen LogP contribution in [0.1, 0.15) is 37.2 Å². The number of halogens is 2. The number of nitrogens with zero attached hydrogens (tertiary/aromatic N) is 2. The number of rotatable bonds is 5. The van der Waals surface area contributed by atoms with E-state index in [1.54, 1.807) is 13.3 Å². The highest BCUT2D eigenvalue weighted by Gasteiger charge is 2.25. The Labute approximate surface area is 138 Å². The Morgan fingerprint density at radius 2 is 2.10 bits per heavy atom. The van der Waals surface area contributed by atoms with Crippen molar-refractivity contribution in [2.24, 2.45) is 0 Å². The third-order valence-electron chi connectivity index (χ3n) is 3.34. The molecule has 1 N–H and O–H groups in total. The molecule has 0 aliphatic heterocycles. The zero-order chi connectivity index (χ0) is 15.6. The van der Waals surface area contributed by atoms with Crippen LogP contribution in [-0.4, -0.2) is 23.9 Å². The maximum Gasteiger partial charge on any atom is 0.161 e. The fraction of sp³-hybridized carbons (Fsp3) is 0.400. The molecule has 0 saturated carbocycles. The molecule has 4 nitrogen and oxygen atoms in total. The molecule has 1 unspecified atom stereocenters. The van der Waals surface area contributed by atoms with Crippen molar-refractivity contribution in [3.8, 4) is 5.75 Å². The van der Waals surface area contributed by atoms with Crippen LogP contribution in [0.2, 0.25) is 5.02 Å². The Kier molecular flexibility index (Phi) is 5.30. The molecular weight excluding hydrogens is 354 g/mol. The Morgan fingerprint density at radius 1 is 1.38 bits per heavy atom. The molecule has 1 atom stereocenters. The Morgan fingerprint density at radius 3 is 2.62 bits per heavy atom. The van der Waals surface area contributed by atoms with Crippen molar-refractivity contribution >= 4 is 27.5 Å². The van der Waals surface area contributed by atoms with Crippen molar-refractivity contribution in [3.63, 3.8) is 0 Å². The molecule has 0 fully saturated rings. The van der Waals surface area contributed by atoms with Gasteiger partial charge in [0, 0.05) is 15.5 Å². The minimum atomic E-state index is -0.0922. The van der Waals surface area contributed by atoms with Crippen LogP contribution in [0.5, 0.6) is 5.75 Å². The average molecular weight is 373 g/mol. The summed E-state index contributed by atoms with van der Waals surface area (Å²) in [6, 6.07) is 6.02. The van der Waals surface area contributed by atoms with Crippen molar-refractivity contribution in [2.45, 2.75) is 25.9 Å². The normalized spacial score (nSPS) is 12.7. The van der Waals surface area contributed by atoms with E-state index in [0.717, 1.165) is 21.5 Å². The Balaban J connectivity index is 2.58. The van der Waals surface area contributed by atoms with E-state index in [9.17, 15) is 0 Å². The molecule has 114 valence electrons. The van der Waals surface area contributed by atoms with E-state index in [-0.39, 0.29) is 12.1 Å². The lowest BCUT2D eigenvalue weighted by atomic mass is 10.0. The summed E-state index contributed by atoms with van der Waals surface area (Å²) in [5.74, 6) is 0.752. The van der Waals surface area contributed by atoms with Gasteiger partial charge in [0.1, 0.15) is 5.69 Å². The van der Waals surface area contributed by atoms with Crippen LogP contribution in [0.15, 0.2) is 28.9 Å². The molecule has 2 rings (SSSR count). The van der Waals surface area contributed by atoms with Crippen LogP contribution >= 0.6 is 27.5 Å². The Bertz CT molecular complexity index is 627. The summed E-state index contributed by atoms with van der Waals surface area (Å²) in [5, 5.41) is 8.43. The summed E-state index contributed by atoms with van der Waals surface area (Å²) < 4.78 is 8.38. The quantitative estimate of drug-likeness (QED) is 0.855. The van der Waals surface area contributed by atoms with E-state index in [1.165, 1.54) is 0 Å². The summed E-state index contributed by atoms with van der Waals surface area (Å²) in [7, 11) is 3.56. The summed E-state index contributed by atoms with van der Waals surface area (Å²) >= 11 is 9.84. The SMILES string of the molecule is CNC(c1ccc(Br)cc1Cl)c1c(OC)cnn1C(C)C. The fourth-order valence-electron chi connectivity index (χ4n) is 2.37. The van der Waals surface area contributed by atoms with Gasteiger partial charge in [-0.2, -0.15) is 5.10 Å². The van der Waals surface area contributed by atoms with E-state index < -0.39 is 0 Å². The molecule has 0 radical (unpaired) electrons. The second kappa shape index (κ2) is 6.81. The lowest BCUT2D eigenvalue weighted by Crippen LogP contribution is -2.23. The molecule has 0 bridgehead atoms. The van der Waals surface area contributed by atoms with Crippen molar-refractivity contribution < 1.29 is 4.74 Å². The summed E-state index contributed by atoms with van der Waals surface area (Å²) in [4.78, 5) is 0. The number of benzene rings is 1. The van der Waals surface area contributed by atoms with Gasteiger partial charge in [0.2, 0.25) is 0 Å². The minimum Gasteiger partial charge on any atom is -0.493 e. The average Bonchev–Trinajstić information content (AvgIpc) is 2.86. The zero-order valence-corrected chi connectivity index (χ0v) is 14.9. The van der Waals surface area contributed by atoms with Gasteiger partial charge in [-0.25, -0.2) is 0 Å². The smallest absolute Gasteiger partial charge is 0.161 e. The number of hydrogen-bond acceptors (Lipinski definition) is 3. The van der Waals surface area contributed by atoms with Crippen molar-refractivity contribution in [3.05, 3.63) is 45.1 Å². The van der Waals surface area contributed by atoms with Crippen LogP contribution in [0, 0.1) is 0 Å². The fourth-order valence-corrected chi connectivity index (χ4v) is 3.16. The molecule has 1 aromatic carbocycles. The highest BCUT2D eigenvalue weighted by atomic mass is 79.9. The first-order chi connectivity index (χ1) is 9.99. The first-order valence-corrected chi connectivity index (χ1v) is 7.90. The number of methoxy groups -OCH3 is 1. The van der Waals surface area contributed by atoms with Crippen LogP contribution in [0.25, 0.3) is 0 Å². The van der Waals surface area contributed by atoms with Crippen LogP contribution in [0.4, 0.5) is 0 Å². The van der Waals surface area contributed by atoms with Gasteiger partial charge in [-0.05, 0) is 38.6 Å². The lowest BCUT2D eigenvalue weighted by molar-refractivity contribution is 0.396. The topological polar surface area (TPSA) is 39.1 Å². The van der Waals surface area contributed by atoms with Gasteiger partial charge in [-0.15, -0.1) is 0 Å². The summed E-state index contributed by atoms with van der Waals surface area (Å²) in [6.45, 7) is 4.18. The summed E-state index contributed by atoms with van der Waals surface area (Å²) in [6.07, 6.45) is 1.74. The molecule has 2 aromatic rings. The van der Waals surface area contributed by atoms with E-state index >= 15 is 0 Å². The van der Waals surface area contributed by atoms with Gasteiger partial charge in [-0.3, -0.25) is 4.68 Å². The van der Waals surface area contributed by atoms with E-state index in [0.29, 0.717) is 5.02 Å². The third-order valence-corrected chi connectivity index (χ3v) is 4.16. The second-order valence-corrected chi connectivity index (χ2v) is 6.35. The maximum atomic E-state index is 6.41. The molecule has 1 aromatic heterocycles. The molecule has 6 heteroatoms. The Hall–Kier alpha value is -1.04. The first kappa shape index (κ1) is 16.3. The maximum absolute atomic E-state index is 6.41. The molecule has 0 aliphatic carbocycles. The molecular formula is C15H19BrClN3O. The standard InChI is InChI=1S/C15H19BrClN3O/c1-9(2)20-15(13(21-4)8-19-20)14(18-3)11-6-5-10(16)7-12(11)17/h5-9,14,18H,1-4H3. The van der Waals surface area contributed by atoms with Crippen LogP contribution < -0.4 is 10.1 Å². The van der Waals surface area contributed by atoms with Gasteiger partial charge in [0.05, 0.1) is 19.3 Å². The molecule has 0 aliphatic rings. The van der Waals surface area contributed by atoms with Crippen molar-refractivity contribution in [1.29, 1.82) is 0 Å². The highest BCUT2D eigenvalue weighted by molar-refractivity contribution is 9.10. The van der Waals surface area contributed by atoms with Crippen LogP contribution in [0.3, 0.4) is 0 Å². The monoisotopic (exact) mass is 371 g/mol. The van der Waals surface area contributed by atoms with Gasteiger partial charge >= 0.3 is 0 Å². The molecule has 0 amide bonds. The third kappa shape index (κ3) is 3.25. The molecule has 0 spiro atoms. The highest BCUT2D eigenvalue weighted by Crippen LogP contribution is 2.35. The van der Waals surface area contributed by atoms with Crippen molar-refractivity contribution in [2.75, 3.05) is 14.2 Å². The number of aromatic nitrogens is 2. The van der Waals surface area contributed by atoms with Gasteiger partial charge in [-0.1, -0.05) is 33.6 Å². The van der Waals surface area contributed by atoms with Crippen LogP contribution in [-0.2, 0) is 0 Å². The molecule has 1 heterocycles. The van der Waals surface area contributed by atoms with Gasteiger partial charge in [0.25, 0.3) is 0 Å². The predicted octanol–water partition coefficient (Wildman–Crippen LogP) is 4.20. The zero-order valence-electron chi connectivity index (χ0n) is 12.5. The predicted molar refractivity (Wildman–Crippen MR) is 89.2 cm³/mol. The van der Waals surface area contributed by atoms with Gasteiger partial charge < -0.3 is 10.1 Å². The number of nitrogens with one attached hydrogen (secondary N) is 1. The lowest BCUT2D eigenvalue weighted by Gasteiger charge is -2.22. The van der Waals surface area contributed by atoms with Gasteiger partial charge in [0.15, 0.2) is 5.75 Å². The second-order valence-electron chi connectivity index (χ2n) is 5.02. The molecule has 0 saturated heterocycles. The number of hydrogen-bond donors (Lipinski definition) is 1. The minimum absolute atomic E-state index is 0.0922. The van der Waals surface area contributed by atoms with Crippen molar-refractivity contribution in [1.82, 2.24) is 15.1 Å². The first-order valence-electron chi connectivity index (χ1n) is 6.73. The van der Waals surface area contributed by atoms with E-state index in [4.69, 9.17) is 16.3 Å². The number of ether oxygens (including phenoxy) is 1. The molecule has 21 heavy (non-hydrogen) atoms. The van der Waals surface area contributed by atoms with E-state index in [2.05, 4.69) is 40.2 Å². The van der Waals surface area contributed by atoms with E-state index in [1.807, 2.05) is 29.9 Å².